The van der Waals surface area contributed by atoms with Gasteiger partial charge in [0, 0.05) is 22.0 Å². The van der Waals surface area contributed by atoms with Gasteiger partial charge in [0.15, 0.2) is 0 Å². The van der Waals surface area contributed by atoms with Crippen LogP contribution in [0.15, 0.2) is 22.7 Å². The summed E-state index contributed by atoms with van der Waals surface area (Å²) in [5, 5.41) is 3.64. The molecule has 1 aromatic carbocycles. The van der Waals surface area contributed by atoms with Crippen LogP contribution in [0.1, 0.15) is 18.4 Å². The van der Waals surface area contributed by atoms with Crippen molar-refractivity contribution in [3.63, 3.8) is 0 Å². The van der Waals surface area contributed by atoms with Crippen LogP contribution in [0, 0.1) is 6.92 Å². The first-order valence-corrected chi connectivity index (χ1v) is 7.31. The van der Waals surface area contributed by atoms with Crippen LogP contribution in [0.25, 0.3) is 0 Å². The van der Waals surface area contributed by atoms with Crippen LogP contribution in [0.2, 0.25) is 0 Å². The lowest BCUT2D eigenvalue weighted by molar-refractivity contribution is 0.684. The molecule has 82 valence electrons. The second-order valence-electron chi connectivity index (χ2n) is 4.02. The van der Waals surface area contributed by atoms with Crippen LogP contribution >= 0.6 is 27.7 Å². The van der Waals surface area contributed by atoms with Crippen molar-refractivity contribution in [1.82, 2.24) is 0 Å². The van der Waals surface area contributed by atoms with E-state index < -0.39 is 0 Å². The average molecular weight is 286 g/mol. The number of benzene rings is 1. The molecule has 1 aliphatic heterocycles. The Kier molecular flexibility index (Phi) is 3.98. The Morgan fingerprint density at radius 3 is 3.07 bits per heavy atom. The summed E-state index contributed by atoms with van der Waals surface area (Å²) in [7, 11) is 0. The first kappa shape index (κ1) is 11.3. The Morgan fingerprint density at radius 2 is 2.33 bits per heavy atom. The highest BCUT2D eigenvalue weighted by molar-refractivity contribution is 9.10. The van der Waals surface area contributed by atoms with Gasteiger partial charge in [-0.2, -0.15) is 11.8 Å². The molecule has 0 aliphatic carbocycles. The molecule has 1 heterocycles. The Morgan fingerprint density at radius 1 is 1.47 bits per heavy atom. The zero-order valence-corrected chi connectivity index (χ0v) is 11.3. The third-order valence-corrected chi connectivity index (χ3v) is 4.43. The van der Waals surface area contributed by atoms with E-state index in [2.05, 4.69) is 58.1 Å². The molecule has 1 N–H and O–H groups in total. The van der Waals surface area contributed by atoms with Gasteiger partial charge in [-0.25, -0.2) is 0 Å². The van der Waals surface area contributed by atoms with Gasteiger partial charge in [0.05, 0.1) is 0 Å². The Hall–Kier alpha value is -0.150. The van der Waals surface area contributed by atoms with Crippen LogP contribution in [0.3, 0.4) is 0 Å². The SMILES string of the molecule is Cc1ccc(Br)cc1NC1CCCSC1. The molecule has 0 saturated carbocycles. The van der Waals surface area contributed by atoms with Crippen LogP contribution in [-0.4, -0.2) is 17.5 Å². The normalized spacial score (nSPS) is 21.3. The Labute approximate surface area is 104 Å². The molecule has 0 aromatic heterocycles. The maximum atomic E-state index is 3.64. The van der Waals surface area contributed by atoms with Crippen molar-refractivity contribution in [2.24, 2.45) is 0 Å². The minimum atomic E-state index is 0.650. The van der Waals surface area contributed by atoms with E-state index in [-0.39, 0.29) is 0 Å². The number of rotatable bonds is 2. The Bertz CT molecular complexity index is 334. The lowest BCUT2D eigenvalue weighted by Gasteiger charge is -2.24. The minimum Gasteiger partial charge on any atom is -0.381 e. The summed E-state index contributed by atoms with van der Waals surface area (Å²) in [6.45, 7) is 2.16. The highest BCUT2D eigenvalue weighted by Gasteiger charge is 2.13. The van der Waals surface area contributed by atoms with E-state index in [4.69, 9.17) is 0 Å². The van der Waals surface area contributed by atoms with Crippen molar-refractivity contribution in [3.8, 4) is 0 Å². The molecule has 1 fully saturated rings. The largest absolute Gasteiger partial charge is 0.381 e. The fourth-order valence-electron chi connectivity index (χ4n) is 1.82. The maximum absolute atomic E-state index is 3.64. The molecule has 1 atom stereocenters. The third kappa shape index (κ3) is 3.15. The number of halogens is 1. The van der Waals surface area contributed by atoms with Crippen molar-refractivity contribution in [3.05, 3.63) is 28.2 Å². The zero-order valence-electron chi connectivity index (χ0n) is 8.92. The number of nitrogens with one attached hydrogen (secondary N) is 1. The topological polar surface area (TPSA) is 12.0 Å². The fraction of sp³-hybridized carbons (Fsp3) is 0.500. The molecule has 15 heavy (non-hydrogen) atoms. The highest BCUT2D eigenvalue weighted by atomic mass is 79.9. The van der Waals surface area contributed by atoms with E-state index in [1.54, 1.807) is 0 Å². The number of hydrogen-bond acceptors (Lipinski definition) is 2. The summed E-state index contributed by atoms with van der Waals surface area (Å²) in [5.74, 6) is 2.57. The fourth-order valence-corrected chi connectivity index (χ4v) is 3.26. The molecule has 0 amide bonds. The number of anilines is 1. The molecular formula is C12H16BrNS. The van der Waals surface area contributed by atoms with Gasteiger partial charge in [0.25, 0.3) is 0 Å². The van der Waals surface area contributed by atoms with E-state index in [0.717, 1.165) is 4.47 Å². The van der Waals surface area contributed by atoms with Gasteiger partial charge >= 0.3 is 0 Å². The molecule has 0 bridgehead atoms. The van der Waals surface area contributed by atoms with Crippen molar-refractivity contribution in [2.75, 3.05) is 16.8 Å². The van der Waals surface area contributed by atoms with Crippen molar-refractivity contribution < 1.29 is 0 Å². The van der Waals surface area contributed by atoms with Crippen LogP contribution < -0.4 is 5.32 Å². The monoisotopic (exact) mass is 285 g/mol. The van der Waals surface area contributed by atoms with Gasteiger partial charge in [0.2, 0.25) is 0 Å². The molecule has 1 aromatic rings. The van der Waals surface area contributed by atoms with Crippen LogP contribution in [0.4, 0.5) is 5.69 Å². The van der Waals surface area contributed by atoms with Gasteiger partial charge < -0.3 is 5.32 Å². The van der Waals surface area contributed by atoms with E-state index in [0.29, 0.717) is 6.04 Å². The van der Waals surface area contributed by atoms with Gasteiger partial charge in [-0.05, 0) is 43.2 Å². The first-order valence-electron chi connectivity index (χ1n) is 5.36. The van der Waals surface area contributed by atoms with Crippen LogP contribution in [0.5, 0.6) is 0 Å². The predicted molar refractivity (Wildman–Crippen MR) is 72.8 cm³/mol. The lowest BCUT2D eigenvalue weighted by atomic mass is 10.1. The summed E-state index contributed by atoms with van der Waals surface area (Å²) in [4.78, 5) is 0. The standard InChI is InChI=1S/C12H16BrNS/c1-9-4-5-10(13)7-12(9)14-11-3-2-6-15-8-11/h4-5,7,11,14H,2-3,6,8H2,1H3. The van der Waals surface area contributed by atoms with Crippen molar-refractivity contribution >= 4 is 33.4 Å². The molecule has 3 heteroatoms. The van der Waals surface area contributed by atoms with Gasteiger partial charge in [-0.15, -0.1) is 0 Å². The second kappa shape index (κ2) is 5.26. The quantitative estimate of drug-likeness (QED) is 0.879. The molecule has 0 spiro atoms. The van der Waals surface area contributed by atoms with Gasteiger partial charge in [-0.3, -0.25) is 0 Å². The molecule has 1 saturated heterocycles. The maximum Gasteiger partial charge on any atom is 0.0383 e. The second-order valence-corrected chi connectivity index (χ2v) is 6.08. The molecule has 2 rings (SSSR count). The predicted octanol–water partition coefficient (Wildman–Crippen LogP) is 4.07. The van der Waals surface area contributed by atoms with Crippen LogP contribution in [-0.2, 0) is 0 Å². The number of aryl methyl sites for hydroxylation is 1. The van der Waals surface area contributed by atoms with Gasteiger partial charge in [-0.1, -0.05) is 22.0 Å². The number of hydrogen-bond donors (Lipinski definition) is 1. The summed E-state index contributed by atoms with van der Waals surface area (Å²) in [5.41, 5.74) is 2.60. The van der Waals surface area contributed by atoms with E-state index in [1.807, 2.05) is 0 Å². The van der Waals surface area contributed by atoms with E-state index >= 15 is 0 Å². The van der Waals surface area contributed by atoms with Crippen molar-refractivity contribution in [2.45, 2.75) is 25.8 Å². The van der Waals surface area contributed by atoms with Gasteiger partial charge in [0.1, 0.15) is 0 Å². The summed E-state index contributed by atoms with van der Waals surface area (Å²) in [6, 6.07) is 7.07. The third-order valence-electron chi connectivity index (χ3n) is 2.72. The zero-order chi connectivity index (χ0) is 10.7. The molecule has 1 unspecified atom stereocenters. The first-order chi connectivity index (χ1) is 7.25. The molecular weight excluding hydrogens is 270 g/mol. The van der Waals surface area contributed by atoms with Crippen molar-refractivity contribution in [1.29, 1.82) is 0 Å². The average Bonchev–Trinajstić information content (AvgIpc) is 2.25. The smallest absolute Gasteiger partial charge is 0.0383 e. The molecule has 0 radical (unpaired) electrons. The summed E-state index contributed by atoms with van der Waals surface area (Å²) < 4.78 is 1.15. The molecule has 1 nitrogen and oxygen atoms in total. The van der Waals surface area contributed by atoms with E-state index in [9.17, 15) is 0 Å². The van der Waals surface area contributed by atoms with E-state index in [1.165, 1.54) is 35.6 Å². The summed E-state index contributed by atoms with van der Waals surface area (Å²) in [6.07, 6.45) is 2.65. The highest BCUT2D eigenvalue weighted by Crippen LogP contribution is 2.25. The lowest BCUT2D eigenvalue weighted by Crippen LogP contribution is -2.26. The minimum absolute atomic E-state index is 0.650. The number of thioether (sulfide) groups is 1. The Balaban J connectivity index is 2.05. The summed E-state index contributed by atoms with van der Waals surface area (Å²) >= 11 is 5.57. The molecule has 1 aliphatic rings.